The highest BCUT2D eigenvalue weighted by Crippen LogP contribution is 2.44. The molecule has 0 saturated carbocycles. The molecule has 1 aromatic carbocycles. The molecule has 8 heteroatoms. The van der Waals surface area contributed by atoms with Crippen LogP contribution in [0.5, 0.6) is 0 Å². The van der Waals surface area contributed by atoms with E-state index >= 15 is 0 Å². The number of rotatable bonds is 6. The minimum atomic E-state index is -0.312. The van der Waals surface area contributed by atoms with E-state index in [0.717, 1.165) is 41.1 Å². The Kier molecular flexibility index (Phi) is 7.65. The molecule has 0 spiro atoms. The maximum Gasteiger partial charge on any atom is 0.341 e. The summed E-state index contributed by atoms with van der Waals surface area (Å²) in [5.74, 6) is 0.247. The molecule has 0 unspecified atom stereocenters. The van der Waals surface area contributed by atoms with Gasteiger partial charge in [0.2, 0.25) is 0 Å². The highest BCUT2D eigenvalue weighted by molar-refractivity contribution is 7.16. The van der Waals surface area contributed by atoms with Gasteiger partial charge in [0.05, 0.1) is 17.9 Å². The van der Waals surface area contributed by atoms with Crippen molar-refractivity contribution in [1.29, 1.82) is 5.26 Å². The van der Waals surface area contributed by atoms with Crippen LogP contribution in [-0.2, 0) is 17.6 Å². The van der Waals surface area contributed by atoms with E-state index in [1.54, 1.807) is 17.5 Å². The van der Waals surface area contributed by atoms with Crippen LogP contribution in [0.3, 0.4) is 0 Å². The zero-order chi connectivity index (χ0) is 25.2. The van der Waals surface area contributed by atoms with Crippen LogP contribution in [0.25, 0.3) is 16.8 Å². The number of thiophene rings is 1. The summed E-state index contributed by atoms with van der Waals surface area (Å²) in [6.07, 6.45) is 4.50. The molecule has 3 aromatic rings. The summed E-state index contributed by atoms with van der Waals surface area (Å²) in [6.45, 7) is 8.95. The van der Waals surface area contributed by atoms with Crippen LogP contribution >= 0.6 is 34.3 Å². The van der Waals surface area contributed by atoms with Crippen molar-refractivity contribution in [2.24, 2.45) is 11.3 Å². The molecule has 0 saturated heterocycles. The van der Waals surface area contributed by atoms with Gasteiger partial charge in [-0.05, 0) is 55.2 Å². The normalized spacial score (nSPS) is 15.9. The molecule has 2 aromatic heterocycles. The SMILES string of the molecule is CCOC(=O)c1c(N/C=C(\C#N)c2nc(-c3ccc(Cl)cc3)cs2)sc2c1CC[C@@H](C(C)(C)C)C2. The topological polar surface area (TPSA) is 75.0 Å². The van der Waals surface area contributed by atoms with Gasteiger partial charge in [0.15, 0.2) is 0 Å². The van der Waals surface area contributed by atoms with Gasteiger partial charge in [0, 0.05) is 27.0 Å². The first kappa shape index (κ1) is 25.4. The van der Waals surface area contributed by atoms with E-state index in [2.05, 4.69) is 37.1 Å². The third kappa shape index (κ3) is 5.61. The monoisotopic (exact) mass is 525 g/mol. The van der Waals surface area contributed by atoms with E-state index in [1.165, 1.54) is 16.2 Å². The molecule has 0 bridgehead atoms. The van der Waals surface area contributed by atoms with Gasteiger partial charge in [-0.3, -0.25) is 0 Å². The molecule has 4 rings (SSSR count). The summed E-state index contributed by atoms with van der Waals surface area (Å²) >= 11 is 8.98. The van der Waals surface area contributed by atoms with Gasteiger partial charge in [0.1, 0.15) is 21.7 Å². The van der Waals surface area contributed by atoms with Crippen molar-refractivity contribution in [2.75, 3.05) is 11.9 Å². The Labute approximate surface area is 219 Å². The molecule has 0 radical (unpaired) electrons. The van der Waals surface area contributed by atoms with E-state index in [9.17, 15) is 10.1 Å². The molecular formula is C27H28ClN3O2S2. The lowest BCUT2D eigenvalue weighted by Gasteiger charge is -2.33. The number of hydrogen-bond donors (Lipinski definition) is 1. The van der Waals surface area contributed by atoms with Gasteiger partial charge in [-0.2, -0.15) is 5.26 Å². The van der Waals surface area contributed by atoms with Crippen LogP contribution in [0, 0.1) is 22.7 Å². The molecule has 1 aliphatic rings. The average Bonchev–Trinajstić information content (AvgIpc) is 3.44. The van der Waals surface area contributed by atoms with E-state index < -0.39 is 0 Å². The second-order valence-electron chi connectivity index (χ2n) is 9.59. The Balaban J connectivity index is 1.63. The van der Waals surface area contributed by atoms with Gasteiger partial charge in [-0.25, -0.2) is 9.78 Å². The van der Waals surface area contributed by atoms with Crippen LogP contribution in [0.4, 0.5) is 5.00 Å². The number of hydrogen-bond acceptors (Lipinski definition) is 7. The molecule has 0 aliphatic heterocycles. The first-order valence-corrected chi connectivity index (χ1v) is 13.7. The van der Waals surface area contributed by atoms with E-state index in [4.69, 9.17) is 16.3 Å². The number of carbonyl (C=O) groups excluding carboxylic acids is 1. The van der Waals surface area contributed by atoms with Crippen molar-refractivity contribution >= 4 is 50.8 Å². The summed E-state index contributed by atoms with van der Waals surface area (Å²) in [5, 5.41) is 17.0. The van der Waals surface area contributed by atoms with Crippen molar-refractivity contribution in [3.63, 3.8) is 0 Å². The minimum Gasteiger partial charge on any atom is -0.462 e. The fraction of sp³-hybridized carbons (Fsp3) is 0.370. The molecule has 1 atom stereocenters. The van der Waals surface area contributed by atoms with Crippen LogP contribution in [0.1, 0.15) is 59.9 Å². The quantitative estimate of drug-likeness (QED) is 0.262. The number of nitriles is 1. The molecule has 1 N–H and O–H groups in total. The molecule has 0 amide bonds. The summed E-state index contributed by atoms with van der Waals surface area (Å²) in [5.41, 5.74) is 4.03. The molecular weight excluding hydrogens is 498 g/mol. The number of halogens is 1. The molecule has 5 nitrogen and oxygen atoms in total. The average molecular weight is 526 g/mol. The highest BCUT2D eigenvalue weighted by atomic mass is 35.5. The summed E-state index contributed by atoms with van der Waals surface area (Å²) in [7, 11) is 0. The first-order chi connectivity index (χ1) is 16.7. The maximum atomic E-state index is 12.9. The predicted molar refractivity (Wildman–Crippen MR) is 145 cm³/mol. The number of anilines is 1. The van der Waals surface area contributed by atoms with Crippen molar-refractivity contribution < 1.29 is 9.53 Å². The van der Waals surface area contributed by atoms with E-state index in [-0.39, 0.29) is 11.4 Å². The van der Waals surface area contributed by atoms with Crippen LogP contribution < -0.4 is 5.32 Å². The minimum absolute atomic E-state index is 0.208. The first-order valence-electron chi connectivity index (χ1n) is 11.6. The number of ether oxygens (including phenoxy) is 1. The number of esters is 1. The van der Waals surface area contributed by atoms with Crippen LogP contribution in [0.2, 0.25) is 5.02 Å². The third-order valence-electron chi connectivity index (χ3n) is 6.31. The van der Waals surface area contributed by atoms with E-state index in [0.29, 0.717) is 33.7 Å². The lowest BCUT2D eigenvalue weighted by atomic mass is 9.72. The zero-order valence-corrected chi connectivity index (χ0v) is 22.7. The molecule has 2 heterocycles. The van der Waals surface area contributed by atoms with Crippen molar-refractivity contribution in [3.05, 3.63) is 61.9 Å². The lowest BCUT2D eigenvalue weighted by Crippen LogP contribution is -2.26. The van der Waals surface area contributed by atoms with Gasteiger partial charge < -0.3 is 10.1 Å². The largest absolute Gasteiger partial charge is 0.462 e. The standard InChI is InChI=1S/C27H28ClN3O2S2/c1-5-33-26(32)23-20-11-8-18(27(2,3)4)12-22(20)35-25(23)30-14-17(13-29)24-31-21(15-34-24)16-6-9-19(28)10-7-16/h6-7,9-10,14-15,18,30H,5,8,11-12H2,1-4H3/b17-14+/t18-/m1/s1. The Morgan fingerprint density at radius 3 is 2.74 bits per heavy atom. The predicted octanol–water partition coefficient (Wildman–Crippen LogP) is 7.83. The molecule has 182 valence electrons. The molecule has 1 aliphatic carbocycles. The molecule has 0 fully saturated rings. The number of aromatic nitrogens is 1. The van der Waals surface area contributed by atoms with Crippen LogP contribution in [0.15, 0.2) is 35.8 Å². The summed E-state index contributed by atoms with van der Waals surface area (Å²) in [4.78, 5) is 18.8. The Hall–Kier alpha value is -2.66. The fourth-order valence-electron chi connectivity index (χ4n) is 4.28. The number of nitrogens with zero attached hydrogens (tertiary/aromatic N) is 2. The van der Waals surface area contributed by atoms with Crippen molar-refractivity contribution in [2.45, 2.75) is 47.0 Å². The summed E-state index contributed by atoms with van der Waals surface area (Å²) in [6, 6.07) is 9.68. The zero-order valence-electron chi connectivity index (χ0n) is 20.3. The number of thiazole rings is 1. The lowest BCUT2D eigenvalue weighted by molar-refractivity contribution is 0.0526. The second-order valence-corrected chi connectivity index (χ2v) is 12.0. The highest BCUT2D eigenvalue weighted by Gasteiger charge is 2.34. The maximum absolute atomic E-state index is 12.9. The number of allylic oxidation sites excluding steroid dienone is 1. The fourth-order valence-corrected chi connectivity index (χ4v) is 6.48. The van der Waals surface area contributed by atoms with Crippen LogP contribution in [-0.4, -0.2) is 17.6 Å². The van der Waals surface area contributed by atoms with Gasteiger partial charge >= 0.3 is 5.97 Å². The van der Waals surface area contributed by atoms with Gasteiger partial charge in [0.25, 0.3) is 0 Å². The van der Waals surface area contributed by atoms with E-state index in [1.807, 2.05) is 36.6 Å². The number of carbonyl (C=O) groups is 1. The number of nitrogens with one attached hydrogen (secondary N) is 1. The number of benzene rings is 1. The smallest absolute Gasteiger partial charge is 0.341 e. The number of fused-ring (bicyclic) bond motifs is 1. The van der Waals surface area contributed by atoms with Gasteiger partial charge in [-0.15, -0.1) is 22.7 Å². The van der Waals surface area contributed by atoms with Crippen molar-refractivity contribution in [3.8, 4) is 17.3 Å². The third-order valence-corrected chi connectivity index (χ3v) is 8.63. The Morgan fingerprint density at radius 2 is 2.09 bits per heavy atom. The second kappa shape index (κ2) is 10.5. The van der Waals surface area contributed by atoms with Crippen molar-refractivity contribution in [1.82, 2.24) is 4.98 Å². The Morgan fingerprint density at radius 1 is 1.34 bits per heavy atom. The Bertz CT molecular complexity index is 1290. The van der Waals surface area contributed by atoms with Gasteiger partial charge in [-0.1, -0.05) is 44.5 Å². The molecule has 35 heavy (non-hydrogen) atoms. The summed E-state index contributed by atoms with van der Waals surface area (Å²) < 4.78 is 5.39.